The number of fused-ring (bicyclic) bond motifs is 1. The van der Waals surface area contributed by atoms with E-state index in [1.165, 1.54) is 4.57 Å². The molecule has 7 nitrogen and oxygen atoms in total. The molecule has 0 N–H and O–H groups in total. The summed E-state index contributed by atoms with van der Waals surface area (Å²) < 4.78 is 20.4. The minimum absolute atomic E-state index is 0.107. The number of rotatable bonds is 5. The Labute approximate surface area is 157 Å². The molecular formula is C20H23N3O4. The third kappa shape index (κ3) is 3.42. The summed E-state index contributed by atoms with van der Waals surface area (Å²) in [7, 11) is 1.69. The van der Waals surface area contributed by atoms with E-state index < -0.39 is 0 Å². The molecule has 0 aliphatic carbocycles. The predicted octanol–water partition coefficient (Wildman–Crippen LogP) is 3.12. The largest absolute Gasteiger partial charge is 0.488 e. The van der Waals surface area contributed by atoms with Gasteiger partial charge in [-0.05, 0) is 24.3 Å². The molecule has 1 aromatic carbocycles. The smallest absolute Gasteiger partial charge is 0.279 e. The van der Waals surface area contributed by atoms with Gasteiger partial charge >= 0.3 is 0 Å². The zero-order valence-corrected chi connectivity index (χ0v) is 15.7. The van der Waals surface area contributed by atoms with E-state index in [9.17, 15) is 4.79 Å². The molecule has 2 aromatic heterocycles. The number of imidazole rings is 1. The van der Waals surface area contributed by atoms with Gasteiger partial charge in [0.2, 0.25) is 5.88 Å². The van der Waals surface area contributed by atoms with Crippen LogP contribution >= 0.6 is 0 Å². The lowest BCUT2D eigenvalue weighted by Crippen LogP contribution is -2.20. The number of aromatic nitrogens is 3. The Hall–Kier alpha value is -2.80. The summed E-state index contributed by atoms with van der Waals surface area (Å²) in [6.45, 7) is 5.46. The standard InChI is InChI=1S/C20H23N3O4/c1-13(2)19-21-10-17-20(24)22(3)18(11-23(17)19)27-15-6-4-14(5-7-15)26-16-8-9-25-12-16/h4-7,10-11,13,16H,8-9,12H2,1-3H3. The highest BCUT2D eigenvalue weighted by molar-refractivity contribution is 5.46. The Morgan fingerprint density at radius 1 is 1.22 bits per heavy atom. The third-order valence-corrected chi connectivity index (χ3v) is 4.67. The Balaban J connectivity index is 1.60. The van der Waals surface area contributed by atoms with E-state index in [1.54, 1.807) is 23.8 Å². The predicted molar refractivity (Wildman–Crippen MR) is 101 cm³/mol. The van der Waals surface area contributed by atoms with Crippen molar-refractivity contribution < 1.29 is 14.2 Å². The normalized spacial score (nSPS) is 17.0. The lowest BCUT2D eigenvalue weighted by atomic mass is 10.2. The fourth-order valence-corrected chi connectivity index (χ4v) is 3.17. The summed E-state index contributed by atoms with van der Waals surface area (Å²) in [4.78, 5) is 17.0. The Bertz CT molecular complexity index is 998. The molecule has 1 aliphatic rings. The van der Waals surface area contributed by atoms with Crippen LogP contribution in [0.5, 0.6) is 17.4 Å². The maximum Gasteiger partial charge on any atom is 0.279 e. The van der Waals surface area contributed by atoms with Gasteiger partial charge in [0.05, 0.1) is 25.6 Å². The Morgan fingerprint density at radius 3 is 2.63 bits per heavy atom. The van der Waals surface area contributed by atoms with Gasteiger partial charge in [0.15, 0.2) is 0 Å². The third-order valence-electron chi connectivity index (χ3n) is 4.67. The van der Waals surface area contributed by atoms with Crippen LogP contribution in [0.3, 0.4) is 0 Å². The van der Waals surface area contributed by atoms with E-state index in [2.05, 4.69) is 4.98 Å². The van der Waals surface area contributed by atoms with Crippen molar-refractivity contribution in [3.8, 4) is 17.4 Å². The van der Waals surface area contributed by atoms with Crippen molar-refractivity contribution >= 4 is 5.52 Å². The maximum absolute atomic E-state index is 12.6. The number of hydrogen-bond acceptors (Lipinski definition) is 5. The second-order valence-corrected chi connectivity index (χ2v) is 7.03. The fourth-order valence-electron chi connectivity index (χ4n) is 3.17. The van der Waals surface area contributed by atoms with Crippen molar-refractivity contribution in [2.45, 2.75) is 32.3 Å². The van der Waals surface area contributed by atoms with Gasteiger partial charge in [-0.25, -0.2) is 4.98 Å². The quantitative estimate of drug-likeness (QED) is 0.691. The van der Waals surface area contributed by atoms with Gasteiger partial charge in [0.25, 0.3) is 5.56 Å². The first-order valence-electron chi connectivity index (χ1n) is 9.12. The molecule has 0 bridgehead atoms. The van der Waals surface area contributed by atoms with Crippen LogP contribution in [-0.2, 0) is 11.8 Å². The number of benzene rings is 1. The van der Waals surface area contributed by atoms with E-state index in [4.69, 9.17) is 14.2 Å². The Morgan fingerprint density at radius 2 is 1.96 bits per heavy atom. The van der Waals surface area contributed by atoms with E-state index >= 15 is 0 Å². The molecule has 1 aliphatic heterocycles. The highest BCUT2D eigenvalue weighted by Gasteiger charge is 2.17. The number of ether oxygens (including phenoxy) is 3. The first-order valence-corrected chi connectivity index (χ1v) is 9.12. The average molecular weight is 369 g/mol. The van der Waals surface area contributed by atoms with Gasteiger partial charge in [-0.1, -0.05) is 13.8 Å². The number of hydrogen-bond donors (Lipinski definition) is 0. The van der Waals surface area contributed by atoms with E-state index in [-0.39, 0.29) is 17.6 Å². The Kier molecular flexibility index (Phi) is 4.61. The summed E-state index contributed by atoms with van der Waals surface area (Å²) in [5, 5.41) is 0. The molecule has 0 radical (unpaired) electrons. The highest BCUT2D eigenvalue weighted by Crippen LogP contribution is 2.25. The first kappa shape index (κ1) is 17.6. The summed E-state index contributed by atoms with van der Waals surface area (Å²) in [5.41, 5.74) is 0.393. The van der Waals surface area contributed by atoms with Crippen LogP contribution in [0, 0.1) is 0 Å². The molecule has 27 heavy (non-hydrogen) atoms. The second kappa shape index (κ2) is 7.08. The molecule has 1 unspecified atom stereocenters. The van der Waals surface area contributed by atoms with Crippen molar-refractivity contribution in [1.82, 2.24) is 14.0 Å². The fraction of sp³-hybridized carbons (Fsp3) is 0.400. The van der Waals surface area contributed by atoms with E-state index in [1.807, 2.05) is 38.1 Å². The molecule has 7 heteroatoms. The van der Waals surface area contributed by atoms with Gasteiger partial charge in [-0.15, -0.1) is 0 Å². The summed E-state index contributed by atoms with van der Waals surface area (Å²) >= 11 is 0. The van der Waals surface area contributed by atoms with Crippen molar-refractivity contribution in [3.05, 3.63) is 52.8 Å². The molecule has 3 aromatic rings. The topological polar surface area (TPSA) is 67.0 Å². The minimum Gasteiger partial charge on any atom is -0.488 e. The summed E-state index contributed by atoms with van der Waals surface area (Å²) in [6, 6.07) is 7.39. The van der Waals surface area contributed by atoms with Crippen LogP contribution in [0.25, 0.3) is 5.52 Å². The zero-order valence-electron chi connectivity index (χ0n) is 15.7. The average Bonchev–Trinajstić information content (AvgIpc) is 3.30. The van der Waals surface area contributed by atoms with Crippen LogP contribution in [0.4, 0.5) is 0 Å². The molecule has 0 saturated carbocycles. The van der Waals surface area contributed by atoms with Gasteiger partial charge in [-0.2, -0.15) is 0 Å². The molecule has 4 rings (SSSR count). The SMILES string of the molecule is CC(C)c1ncc2c(=O)n(C)c(Oc3ccc(OC4CCOC4)cc3)cn12. The molecule has 0 spiro atoms. The minimum atomic E-state index is -0.145. The van der Waals surface area contributed by atoms with Crippen LogP contribution < -0.4 is 15.0 Å². The van der Waals surface area contributed by atoms with Crippen LogP contribution in [-0.4, -0.2) is 33.3 Å². The van der Waals surface area contributed by atoms with Crippen molar-refractivity contribution in [1.29, 1.82) is 0 Å². The van der Waals surface area contributed by atoms with Crippen LogP contribution in [0.2, 0.25) is 0 Å². The van der Waals surface area contributed by atoms with Gasteiger partial charge < -0.3 is 14.2 Å². The van der Waals surface area contributed by atoms with E-state index in [0.29, 0.717) is 23.8 Å². The van der Waals surface area contributed by atoms with E-state index in [0.717, 1.165) is 24.6 Å². The second-order valence-electron chi connectivity index (χ2n) is 7.03. The zero-order chi connectivity index (χ0) is 19.0. The van der Waals surface area contributed by atoms with Crippen molar-refractivity contribution in [3.63, 3.8) is 0 Å². The lowest BCUT2D eigenvalue weighted by molar-refractivity contribution is 0.141. The van der Waals surface area contributed by atoms with Crippen LogP contribution in [0.1, 0.15) is 32.0 Å². The molecule has 142 valence electrons. The molecule has 1 fully saturated rings. The molecule has 3 heterocycles. The maximum atomic E-state index is 12.6. The van der Waals surface area contributed by atoms with Gasteiger partial charge in [0.1, 0.15) is 28.9 Å². The lowest BCUT2D eigenvalue weighted by Gasteiger charge is -2.14. The molecule has 0 amide bonds. The molecule has 1 atom stereocenters. The first-order chi connectivity index (χ1) is 13.0. The highest BCUT2D eigenvalue weighted by atomic mass is 16.5. The van der Waals surface area contributed by atoms with Crippen LogP contribution in [0.15, 0.2) is 41.5 Å². The summed E-state index contributed by atoms with van der Waals surface area (Å²) in [6.07, 6.45) is 4.43. The molecule has 1 saturated heterocycles. The number of nitrogens with zero attached hydrogens (tertiary/aromatic N) is 3. The van der Waals surface area contributed by atoms with Crippen molar-refractivity contribution in [2.24, 2.45) is 7.05 Å². The molecular weight excluding hydrogens is 346 g/mol. The van der Waals surface area contributed by atoms with Crippen molar-refractivity contribution in [2.75, 3.05) is 13.2 Å². The van der Waals surface area contributed by atoms with Gasteiger partial charge in [-0.3, -0.25) is 13.8 Å². The monoisotopic (exact) mass is 369 g/mol. The summed E-state index contributed by atoms with van der Waals surface area (Å²) in [5.74, 6) is 2.88. The van der Waals surface area contributed by atoms with Gasteiger partial charge in [0, 0.05) is 19.4 Å².